The van der Waals surface area contributed by atoms with Crippen LogP contribution in [0.4, 0.5) is 0 Å². The van der Waals surface area contributed by atoms with Crippen molar-refractivity contribution in [2.45, 2.75) is 12.1 Å². The fraction of sp³-hybridized carbons (Fsp3) is 0.143. The zero-order valence-corrected chi connectivity index (χ0v) is 12.7. The third-order valence-corrected chi connectivity index (χ3v) is 9.27. The summed E-state index contributed by atoms with van der Waals surface area (Å²) in [7, 11) is 3.34. The molecule has 3 heteroatoms. The summed E-state index contributed by atoms with van der Waals surface area (Å²) in [6.45, 7) is 0. The highest BCUT2D eigenvalue weighted by Crippen LogP contribution is 1.99. The summed E-state index contributed by atoms with van der Waals surface area (Å²) < 4.78 is 0. The summed E-state index contributed by atoms with van der Waals surface area (Å²) in [6, 6.07) is 24.2. The minimum Gasteiger partial charge on any atom is -0.0622 e. The fourth-order valence-corrected chi connectivity index (χ4v) is 7.57. The minimum absolute atomic E-state index is 1.10. The standard InChI is InChI=1S/C14H14Si3/c1-3-7-13(8-4-1)11-15-17-16-12-14-9-5-2-6-10-14/h1-10H,11-12H2. The van der Waals surface area contributed by atoms with Crippen molar-refractivity contribution in [1.29, 1.82) is 0 Å². The molecular weight excluding hydrogens is 252 g/mol. The van der Waals surface area contributed by atoms with Gasteiger partial charge in [0.05, 0.1) is 0 Å². The quantitative estimate of drug-likeness (QED) is 0.556. The number of hydrogen-bond acceptors (Lipinski definition) is 0. The fourth-order valence-electron chi connectivity index (χ4n) is 1.55. The molecule has 2 aromatic carbocycles. The van der Waals surface area contributed by atoms with Crippen LogP contribution in [0.1, 0.15) is 11.1 Å². The second-order valence-corrected chi connectivity index (χ2v) is 10.6. The average Bonchev–Trinajstić information content (AvgIpc) is 2.41. The summed E-state index contributed by atoms with van der Waals surface area (Å²) in [5, 5.41) is 0. The van der Waals surface area contributed by atoms with Gasteiger partial charge in [0.1, 0.15) is 0 Å². The van der Waals surface area contributed by atoms with E-state index < -0.39 is 0 Å². The summed E-state index contributed by atoms with van der Waals surface area (Å²) in [5.74, 6) is 0. The Hall–Kier alpha value is -0.909. The lowest BCUT2D eigenvalue weighted by Gasteiger charge is -2.00. The molecule has 2 aromatic rings. The van der Waals surface area contributed by atoms with Gasteiger partial charge in [0.2, 0.25) is 0 Å². The summed E-state index contributed by atoms with van der Waals surface area (Å²) in [5.41, 5.74) is 2.98. The molecule has 0 bridgehead atoms. The molecule has 0 aromatic heterocycles. The highest BCUT2D eigenvalue weighted by Gasteiger charge is 1.96. The molecule has 17 heavy (non-hydrogen) atoms. The Balaban J connectivity index is 1.61. The van der Waals surface area contributed by atoms with E-state index in [0.717, 1.165) is 26.6 Å². The van der Waals surface area contributed by atoms with Crippen LogP contribution in [0.15, 0.2) is 60.7 Å². The first-order chi connectivity index (χ1) is 8.45. The van der Waals surface area contributed by atoms with Gasteiger partial charge in [0.15, 0.2) is 0 Å². The molecule has 0 saturated carbocycles. The van der Waals surface area contributed by atoms with E-state index >= 15 is 0 Å². The van der Waals surface area contributed by atoms with E-state index in [1.54, 1.807) is 0 Å². The highest BCUT2D eigenvalue weighted by atomic mass is 29.5. The van der Waals surface area contributed by atoms with Gasteiger partial charge in [0, 0.05) is 26.6 Å². The van der Waals surface area contributed by atoms with Crippen molar-refractivity contribution >= 4 is 26.6 Å². The van der Waals surface area contributed by atoms with Crippen molar-refractivity contribution < 1.29 is 0 Å². The molecular formula is C14H14Si3. The lowest BCUT2D eigenvalue weighted by molar-refractivity contribution is 1.39. The molecule has 0 fully saturated rings. The second-order valence-electron chi connectivity index (χ2n) is 3.80. The highest BCUT2D eigenvalue weighted by molar-refractivity contribution is 7.29. The van der Waals surface area contributed by atoms with E-state index in [4.69, 9.17) is 0 Å². The van der Waals surface area contributed by atoms with E-state index in [2.05, 4.69) is 60.7 Å². The third-order valence-electron chi connectivity index (χ3n) is 2.45. The van der Waals surface area contributed by atoms with Crippen LogP contribution in [0.3, 0.4) is 0 Å². The summed E-state index contributed by atoms with van der Waals surface area (Å²) >= 11 is 0. The van der Waals surface area contributed by atoms with Gasteiger partial charge < -0.3 is 0 Å². The monoisotopic (exact) mass is 266 g/mol. The van der Waals surface area contributed by atoms with E-state index in [1.165, 1.54) is 23.2 Å². The van der Waals surface area contributed by atoms with Crippen LogP contribution in [0.5, 0.6) is 0 Å². The van der Waals surface area contributed by atoms with Crippen molar-refractivity contribution in [3.8, 4) is 0 Å². The average molecular weight is 267 g/mol. The number of rotatable bonds is 6. The van der Waals surface area contributed by atoms with Gasteiger partial charge in [-0.05, 0) is 12.1 Å². The predicted molar refractivity (Wildman–Crippen MR) is 77.6 cm³/mol. The van der Waals surface area contributed by atoms with Crippen molar-refractivity contribution in [1.82, 2.24) is 0 Å². The largest absolute Gasteiger partial charge is 0.0622 e. The van der Waals surface area contributed by atoms with Gasteiger partial charge in [-0.2, -0.15) is 0 Å². The maximum Gasteiger partial charge on any atom is 0.0241 e. The Morgan fingerprint density at radius 3 is 1.41 bits per heavy atom. The van der Waals surface area contributed by atoms with Gasteiger partial charge in [-0.1, -0.05) is 71.8 Å². The van der Waals surface area contributed by atoms with Crippen LogP contribution in [0, 0.1) is 0 Å². The molecule has 0 saturated heterocycles. The molecule has 0 atom stereocenters. The van der Waals surface area contributed by atoms with E-state index in [9.17, 15) is 0 Å². The van der Waals surface area contributed by atoms with Crippen molar-refractivity contribution in [3.05, 3.63) is 71.8 Å². The number of benzene rings is 2. The van der Waals surface area contributed by atoms with Gasteiger partial charge in [-0.25, -0.2) is 0 Å². The predicted octanol–water partition coefficient (Wildman–Crippen LogP) is 2.33. The molecule has 0 amide bonds. The molecule has 0 aliphatic rings. The Labute approximate surface area is 111 Å². The molecule has 0 N–H and O–H groups in total. The van der Waals surface area contributed by atoms with Crippen LogP contribution in [0.25, 0.3) is 0 Å². The SMILES string of the molecule is c1ccc(C[Si][Si][Si]Cc2ccccc2)cc1. The smallest absolute Gasteiger partial charge is 0.0241 e. The van der Waals surface area contributed by atoms with Gasteiger partial charge in [-0.15, -0.1) is 0 Å². The molecule has 82 valence electrons. The molecule has 0 spiro atoms. The van der Waals surface area contributed by atoms with Crippen LogP contribution < -0.4 is 0 Å². The first-order valence-electron chi connectivity index (χ1n) is 5.74. The van der Waals surface area contributed by atoms with Crippen LogP contribution in [0.2, 0.25) is 0 Å². The Kier molecular flexibility index (Phi) is 5.48. The maximum atomic E-state index is 2.23. The molecule has 2 rings (SSSR count). The molecule has 0 aliphatic heterocycles. The first kappa shape index (κ1) is 12.5. The Morgan fingerprint density at radius 2 is 1.00 bits per heavy atom. The number of hydrogen-bond donors (Lipinski definition) is 0. The topological polar surface area (TPSA) is 0 Å². The molecule has 0 nitrogen and oxygen atoms in total. The molecule has 0 aliphatic carbocycles. The molecule has 6 radical (unpaired) electrons. The molecule has 0 heterocycles. The van der Waals surface area contributed by atoms with E-state index in [0.29, 0.717) is 0 Å². The zero-order chi connectivity index (χ0) is 11.8. The van der Waals surface area contributed by atoms with Gasteiger partial charge in [0.25, 0.3) is 0 Å². The van der Waals surface area contributed by atoms with Crippen LogP contribution >= 0.6 is 0 Å². The maximum absolute atomic E-state index is 2.23. The van der Waals surface area contributed by atoms with Crippen LogP contribution in [-0.2, 0) is 12.1 Å². The second kappa shape index (κ2) is 7.42. The lowest BCUT2D eigenvalue weighted by Crippen LogP contribution is -2.17. The van der Waals surface area contributed by atoms with Gasteiger partial charge >= 0.3 is 0 Å². The van der Waals surface area contributed by atoms with Crippen LogP contribution in [-0.4, -0.2) is 26.6 Å². The lowest BCUT2D eigenvalue weighted by atomic mass is 10.2. The van der Waals surface area contributed by atoms with E-state index in [-0.39, 0.29) is 0 Å². The Morgan fingerprint density at radius 1 is 0.588 bits per heavy atom. The summed E-state index contributed by atoms with van der Waals surface area (Å²) in [6.07, 6.45) is 0. The summed E-state index contributed by atoms with van der Waals surface area (Å²) in [4.78, 5) is 0. The molecule has 0 unspecified atom stereocenters. The van der Waals surface area contributed by atoms with Gasteiger partial charge in [-0.3, -0.25) is 0 Å². The normalized spacial score (nSPS) is 10.4. The van der Waals surface area contributed by atoms with E-state index in [1.807, 2.05) is 0 Å². The minimum atomic E-state index is 1.10. The zero-order valence-electron chi connectivity index (χ0n) is 9.69. The van der Waals surface area contributed by atoms with Crippen molar-refractivity contribution in [2.75, 3.05) is 0 Å². The van der Waals surface area contributed by atoms with Crippen molar-refractivity contribution in [3.63, 3.8) is 0 Å². The third kappa shape index (κ3) is 4.85. The Bertz CT molecular complexity index is 372. The first-order valence-corrected chi connectivity index (χ1v) is 11.1. The van der Waals surface area contributed by atoms with Crippen molar-refractivity contribution in [2.24, 2.45) is 0 Å².